The molecular formula is C26H22F3NO4. The van der Waals surface area contributed by atoms with E-state index >= 15 is 0 Å². The van der Waals surface area contributed by atoms with Crippen LogP contribution in [-0.4, -0.2) is 29.9 Å². The number of benzene rings is 3. The summed E-state index contributed by atoms with van der Waals surface area (Å²) in [5.41, 5.74) is 3.51. The zero-order valence-corrected chi connectivity index (χ0v) is 18.2. The molecule has 5 rings (SSSR count). The van der Waals surface area contributed by atoms with Gasteiger partial charge in [-0.3, -0.25) is 4.79 Å². The number of carbonyl (C=O) groups excluding carboxylic acids is 1. The molecule has 34 heavy (non-hydrogen) atoms. The van der Waals surface area contributed by atoms with Crippen LogP contribution in [0.1, 0.15) is 40.6 Å². The lowest BCUT2D eigenvalue weighted by Gasteiger charge is -2.39. The number of alkyl halides is 3. The smallest absolute Gasteiger partial charge is 0.462 e. The minimum Gasteiger partial charge on any atom is -0.462 e. The number of nitrogens with zero attached hydrogens (tertiary/aromatic N) is 1. The number of carbonyl (C=O) groups is 1. The van der Waals surface area contributed by atoms with Crippen LogP contribution in [0, 0.1) is 6.92 Å². The summed E-state index contributed by atoms with van der Waals surface area (Å²) in [6.45, 7) is 2.16. The van der Waals surface area contributed by atoms with E-state index in [1.165, 1.54) is 24.3 Å². The molecule has 176 valence electrons. The summed E-state index contributed by atoms with van der Waals surface area (Å²) in [6.07, 6.45) is -6.06. The van der Waals surface area contributed by atoms with Crippen molar-refractivity contribution in [1.82, 2.24) is 4.90 Å². The predicted molar refractivity (Wildman–Crippen MR) is 117 cm³/mol. The van der Waals surface area contributed by atoms with Crippen molar-refractivity contribution in [1.29, 1.82) is 0 Å². The molecule has 3 aromatic carbocycles. The molecule has 0 N–H and O–H groups in total. The second-order valence-corrected chi connectivity index (χ2v) is 8.39. The molecule has 2 fully saturated rings. The summed E-state index contributed by atoms with van der Waals surface area (Å²) in [5, 5.41) is 0. The second kappa shape index (κ2) is 8.77. The summed E-state index contributed by atoms with van der Waals surface area (Å²) < 4.78 is 53.7. The van der Waals surface area contributed by atoms with Gasteiger partial charge in [0.2, 0.25) is 0 Å². The Morgan fingerprint density at radius 1 is 0.882 bits per heavy atom. The zero-order chi connectivity index (χ0) is 23.9. The first-order valence-corrected chi connectivity index (χ1v) is 10.9. The summed E-state index contributed by atoms with van der Waals surface area (Å²) in [4.78, 5) is 15.0. The number of aryl methyl sites for hydroxylation is 1. The minimum atomic E-state index is -4.78. The third-order valence-corrected chi connectivity index (χ3v) is 6.13. The van der Waals surface area contributed by atoms with Gasteiger partial charge in [-0.05, 0) is 35.7 Å². The fraction of sp³-hybridized carbons (Fsp3) is 0.269. The number of halogens is 3. The van der Waals surface area contributed by atoms with Gasteiger partial charge in [0.15, 0.2) is 0 Å². The van der Waals surface area contributed by atoms with Crippen LogP contribution in [0.5, 0.6) is 5.75 Å². The number of hydrogen-bond acceptors (Lipinski definition) is 5. The summed E-state index contributed by atoms with van der Waals surface area (Å²) in [5.74, 6) is -0.767. The maximum absolute atomic E-state index is 13.0. The number of cyclic esters (lactones) is 1. The molecule has 2 heterocycles. The van der Waals surface area contributed by atoms with Crippen LogP contribution < -0.4 is 4.74 Å². The highest BCUT2D eigenvalue weighted by Crippen LogP contribution is 2.49. The number of ether oxygens (including phenoxy) is 3. The number of morpholine rings is 1. The molecule has 4 atom stereocenters. The molecule has 3 aromatic rings. The van der Waals surface area contributed by atoms with Gasteiger partial charge < -0.3 is 14.2 Å². The molecule has 2 saturated heterocycles. The molecule has 0 spiro atoms. The van der Waals surface area contributed by atoms with Crippen molar-refractivity contribution in [3.8, 4) is 5.75 Å². The normalized spacial score (nSPS) is 25.0. The van der Waals surface area contributed by atoms with Crippen molar-refractivity contribution in [2.45, 2.75) is 37.7 Å². The van der Waals surface area contributed by atoms with Crippen molar-refractivity contribution in [2.24, 2.45) is 0 Å². The molecule has 0 bridgehead atoms. The Bertz CT molecular complexity index is 1150. The van der Waals surface area contributed by atoms with Crippen molar-refractivity contribution < 1.29 is 32.2 Å². The molecule has 0 radical (unpaired) electrons. The highest BCUT2D eigenvalue weighted by Gasteiger charge is 2.54. The van der Waals surface area contributed by atoms with Gasteiger partial charge in [0.05, 0.1) is 6.04 Å². The van der Waals surface area contributed by atoms with E-state index in [0.29, 0.717) is 5.56 Å². The van der Waals surface area contributed by atoms with Gasteiger partial charge in [-0.2, -0.15) is 0 Å². The Morgan fingerprint density at radius 2 is 1.53 bits per heavy atom. The Morgan fingerprint density at radius 3 is 2.18 bits per heavy atom. The predicted octanol–water partition coefficient (Wildman–Crippen LogP) is 5.63. The highest BCUT2D eigenvalue weighted by molar-refractivity contribution is 5.78. The van der Waals surface area contributed by atoms with Gasteiger partial charge in [0.1, 0.15) is 30.7 Å². The number of hydrogen-bond donors (Lipinski definition) is 0. The first kappa shape index (κ1) is 22.4. The first-order chi connectivity index (χ1) is 16.3. The van der Waals surface area contributed by atoms with Gasteiger partial charge >= 0.3 is 12.3 Å². The molecule has 8 heteroatoms. The SMILES string of the molecule is Cc1ccc([C@@H]2O[C@H](c3ccc(OC(F)(F)F)cc3)C3C(=O)OC[C@H](c4ccccc4)N32)cc1. The van der Waals surface area contributed by atoms with Crippen LogP contribution in [-0.2, 0) is 14.3 Å². The highest BCUT2D eigenvalue weighted by atomic mass is 19.4. The van der Waals surface area contributed by atoms with E-state index in [0.717, 1.165) is 16.7 Å². The number of fused-ring (bicyclic) bond motifs is 1. The van der Waals surface area contributed by atoms with Gasteiger partial charge in [0.25, 0.3) is 0 Å². The monoisotopic (exact) mass is 469 g/mol. The lowest BCUT2D eigenvalue weighted by atomic mass is 9.96. The van der Waals surface area contributed by atoms with E-state index in [1.807, 2.05) is 66.4 Å². The first-order valence-electron chi connectivity index (χ1n) is 10.9. The molecule has 0 saturated carbocycles. The summed E-state index contributed by atoms with van der Waals surface area (Å²) in [7, 11) is 0. The van der Waals surface area contributed by atoms with Crippen LogP contribution in [0.25, 0.3) is 0 Å². The second-order valence-electron chi connectivity index (χ2n) is 8.39. The lowest BCUT2D eigenvalue weighted by Crippen LogP contribution is -2.49. The van der Waals surface area contributed by atoms with Crippen molar-refractivity contribution in [2.75, 3.05) is 6.61 Å². The van der Waals surface area contributed by atoms with Gasteiger partial charge in [-0.1, -0.05) is 72.3 Å². The third kappa shape index (κ3) is 4.38. The quantitative estimate of drug-likeness (QED) is 0.464. The van der Waals surface area contributed by atoms with Crippen LogP contribution in [0.15, 0.2) is 78.9 Å². The summed E-state index contributed by atoms with van der Waals surface area (Å²) in [6, 6.07) is 22.0. The molecular weight excluding hydrogens is 447 g/mol. The average molecular weight is 469 g/mol. The fourth-order valence-corrected chi connectivity index (χ4v) is 4.57. The summed E-state index contributed by atoms with van der Waals surface area (Å²) >= 11 is 0. The molecule has 2 aliphatic rings. The minimum absolute atomic E-state index is 0.177. The Hall–Kier alpha value is -3.36. The lowest BCUT2D eigenvalue weighted by molar-refractivity contribution is -0.274. The van der Waals surface area contributed by atoms with E-state index in [-0.39, 0.29) is 18.4 Å². The van der Waals surface area contributed by atoms with E-state index in [2.05, 4.69) is 4.74 Å². The van der Waals surface area contributed by atoms with Crippen molar-refractivity contribution in [3.05, 3.63) is 101 Å². The average Bonchev–Trinajstić information content (AvgIpc) is 3.21. The molecule has 0 amide bonds. The maximum atomic E-state index is 13.0. The van der Waals surface area contributed by atoms with Gasteiger partial charge in [0, 0.05) is 0 Å². The molecule has 5 nitrogen and oxygen atoms in total. The number of rotatable bonds is 4. The molecule has 0 aliphatic carbocycles. The van der Waals surface area contributed by atoms with Crippen molar-refractivity contribution in [3.63, 3.8) is 0 Å². The standard InChI is InChI=1S/C26H22F3NO4/c1-16-7-9-19(10-8-16)24-30-21(17-5-3-2-4-6-17)15-32-25(31)22(30)23(33-24)18-11-13-20(14-12-18)34-26(27,28)29/h2-14,21-24H,15H2,1H3/t21-,22?,23-,24+/m1/s1. The van der Waals surface area contributed by atoms with Gasteiger partial charge in [-0.15, -0.1) is 13.2 Å². The fourth-order valence-electron chi connectivity index (χ4n) is 4.57. The van der Waals surface area contributed by atoms with Crippen molar-refractivity contribution >= 4 is 5.97 Å². The molecule has 1 unspecified atom stereocenters. The van der Waals surface area contributed by atoms with E-state index in [4.69, 9.17) is 9.47 Å². The van der Waals surface area contributed by atoms with E-state index < -0.39 is 30.7 Å². The Kier molecular flexibility index (Phi) is 5.79. The van der Waals surface area contributed by atoms with E-state index in [1.54, 1.807) is 0 Å². The van der Waals surface area contributed by atoms with E-state index in [9.17, 15) is 18.0 Å². The molecule has 2 aliphatic heterocycles. The topological polar surface area (TPSA) is 48.0 Å². The maximum Gasteiger partial charge on any atom is 0.573 e. The number of esters is 1. The van der Waals surface area contributed by atoms with Crippen LogP contribution in [0.3, 0.4) is 0 Å². The third-order valence-electron chi connectivity index (χ3n) is 6.13. The Balaban J connectivity index is 1.54. The Labute approximate surface area is 194 Å². The molecule has 0 aromatic heterocycles. The van der Waals surface area contributed by atoms with Gasteiger partial charge in [-0.25, -0.2) is 4.90 Å². The largest absolute Gasteiger partial charge is 0.573 e. The van der Waals surface area contributed by atoms with Crippen LogP contribution in [0.4, 0.5) is 13.2 Å². The van der Waals surface area contributed by atoms with Crippen LogP contribution >= 0.6 is 0 Å². The van der Waals surface area contributed by atoms with Crippen LogP contribution in [0.2, 0.25) is 0 Å². The zero-order valence-electron chi connectivity index (χ0n) is 18.2.